The summed E-state index contributed by atoms with van der Waals surface area (Å²) in [5.74, 6) is -1.10. The first-order chi connectivity index (χ1) is 15.1. The second kappa shape index (κ2) is 12.0. The van der Waals surface area contributed by atoms with Crippen molar-refractivity contribution in [3.63, 3.8) is 0 Å². The van der Waals surface area contributed by atoms with E-state index in [0.29, 0.717) is 10.6 Å². The lowest BCUT2D eigenvalue weighted by molar-refractivity contribution is -0.147. The molecule has 33 heavy (non-hydrogen) atoms. The van der Waals surface area contributed by atoms with Crippen LogP contribution in [0, 0.1) is 0 Å². The van der Waals surface area contributed by atoms with E-state index < -0.39 is 35.4 Å². The quantitative estimate of drug-likeness (QED) is 0.378. The van der Waals surface area contributed by atoms with Crippen LogP contribution in [-0.2, 0) is 23.8 Å². The average Bonchev–Trinajstić information content (AvgIpc) is 2.65. The molecule has 184 valence electrons. The van der Waals surface area contributed by atoms with E-state index in [0.717, 1.165) is 11.6 Å². The van der Waals surface area contributed by atoms with Crippen molar-refractivity contribution < 1.29 is 33.4 Å². The van der Waals surface area contributed by atoms with Crippen LogP contribution in [0.25, 0.3) is 0 Å². The molecule has 0 saturated carbocycles. The van der Waals surface area contributed by atoms with Gasteiger partial charge in [-0.05, 0) is 78.6 Å². The molecule has 0 aromatic heterocycles. The molecule has 0 bridgehead atoms. The maximum absolute atomic E-state index is 12.8. The summed E-state index contributed by atoms with van der Waals surface area (Å²) in [6, 6.07) is 5.75. The van der Waals surface area contributed by atoms with Gasteiger partial charge in [0.15, 0.2) is 0 Å². The number of carbonyl (C=O) groups excluding carboxylic acids is 4. The van der Waals surface area contributed by atoms with Gasteiger partial charge in [0, 0.05) is 16.6 Å². The van der Waals surface area contributed by atoms with Crippen molar-refractivity contribution in [1.82, 2.24) is 4.90 Å². The van der Waals surface area contributed by atoms with Gasteiger partial charge in [-0.1, -0.05) is 15.9 Å². The van der Waals surface area contributed by atoms with Gasteiger partial charge in [-0.2, -0.15) is 4.90 Å². The normalized spacial score (nSPS) is 12.4. The molecular weight excluding hydrogens is 496 g/mol. The van der Waals surface area contributed by atoms with Gasteiger partial charge >= 0.3 is 18.2 Å². The van der Waals surface area contributed by atoms with E-state index in [1.54, 1.807) is 65.8 Å². The highest BCUT2D eigenvalue weighted by Crippen LogP contribution is 2.21. The zero-order valence-corrected chi connectivity index (χ0v) is 21.8. The average molecular weight is 529 g/mol. The number of amides is 3. The topological polar surface area (TPSA) is 111 Å². The molecule has 3 amide bonds. The SMILES string of the molecule is COC(=O)[C@H](CCCC(=O)Nc1ccc(Br)cc1)N(C(=O)OC(C)(C)C)C(=O)OC(C)(C)C. The number of esters is 1. The summed E-state index contributed by atoms with van der Waals surface area (Å²) < 4.78 is 16.3. The number of nitrogens with one attached hydrogen (secondary N) is 1. The number of methoxy groups -OCH3 is 1. The molecule has 1 rings (SSSR count). The van der Waals surface area contributed by atoms with Gasteiger partial charge in [-0.25, -0.2) is 14.4 Å². The van der Waals surface area contributed by atoms with Crippen molar-refractivity contribution in [3.8, 4) is 0 Å². The number of benzene rings is 1. The van der Waals surface area contributed by atoms with Crippen LogP contribution in [0.3, 0.4) is 0 Å². The van der Waals surface area contributed by atoms with Crippen LogP contribution in [0.2, 0.25) is 0 Å². The Morgan fingerprint density at radius 2 is 1.42 bits per heavy atom. The highest BCUT2D eigenvalue weighted by molar-refractivity contribution is 9.10. The molecule has 10 heteroatoms. The van der Waals surface area contributed by atoms with Crippen molar-refractivity contribution in [2.75, 3.05) is 12.4 Å². The van der Waals surface area contributed by atoms with Crippen LogP contribution in [-0.4, -0.2) is 53.3 Å². The van der Waals surface area contributed by atoms with Crippen molar-refractivity contribution in [1.29, 1.82) is 0 Å². The summed E-state index contributed by atoms with van der Waals surface area (Å²) in [4.78, 5) is 51.1. The predicted octanol–water partition coefficient (Wildman–Crippen LogP) is 5.27. The molecule has 0 heterocycles. The molecule has 0 spiro atoms. The number of anilines is 1. The second-order valence-corrected chi connectivity index (χ2v) is 10.2. The highest BCUT2D eigenvalue weighted by atomic mass is 79.9. The fourth-order valence-corrected chi connectivity index (χ4v) is 2.92. The minimum atomic E-state index is -1.32. The highest BCUT2D eigenvalue weighted by Gasteiger charge is 2.40. The van der Waals surface area contributed by atoms with E-state index in [4.69, 9.17) is 14.2 Å². The number of nitrogens with zero attached hydrogens (tertiary/aromatic N) is 1. The Morgan fingerprint density at radius 3 is 1.85 bits per heavy atom. The molecule has 0 radical (unpaired) electrons. The lowest BCUT2D eigenvalue weighted by atomic mass is 10.1. The Bertz CT molecular complexity index is 814. The first-order valence-corrected chi connectivity index (χ1v) is 11.3. The third kappa shape index (κ3) is 10.7. The van der Waals surface area contributed by atoms with Crippen molar-refractivity contribution >= 4 is 45.7 Å². The monoisotopic (exact) mass is 528 g/mol. The minimum absolute atomic E-state index is 0.0150. The number of ether oxygens (including phenoxy) is 3. The largest absolute Gasteiger partial charge is 0.467 e. The second-order valence-electron chi connectivity index (χ2n) is 9.32. The van der Waals surface area contributed by atoms with E-state index in [2.05, 4.69) is 21.2 Å². The number of carbonyl (C=O) groups is 4. The molecule has 0 aliphatic rings. The Labute approximate surface area is 203 Å². The van der Waals surface area contributed by atoms with E-state index in [1.807, 2.05) is 0 Å². The van der Waals surface area contributed by atoms with Crippen molar-refractivity contribution in [2.45, 2.75) is 78.0 Å². The van der Waals surface area contributed by atoms with E-state index in [1.165, 1.54) is 0 Å². The number of imide groups is 1. The smallest absolute Gasteiger partial charge is 0.420 e. The fourth-order valence-electron chi connectivity index (χ4n) is 2.65. The lowest BCUT2D eigenvalue weighted by Gasteiger charge is -2.32. The van der Waals surface area contributed by atoms with Gasteiger partial charge in [0.05, 0.1) is 7.11 Å². The third-order valence-corrected chi connectivity index (χ3v) is 4.50. The predicted molar refractivity (Wildman–Crippen MR) is 127 cm³/mol. The number of hydrogen-bond acceptors (Lipinski definition) is 7. The van der Waals surface area contributed by atoms with Crippen LogP contribution < -0.4 is 5.32 Å². The Morgan fingerprint density at radius 1 is 0.939 bits per heavy atom. The molecule has 0 fully saturated rings. The maximum Gasteiger partial charge on any atom is 0.420 e. The summed E-state index contributed by atoms with van der Waals surface area (Å²) >= 11 is 3.33. The summed E-state index contributed by atoms with van der Waals surface area (Å²) in [7, 11) is 1.15. The Kier molecular flexibility index (Phi) is 10.3. The van der Waals surface area contributed by atoms with Gasteiger partial charge in [-0.3, -0.25) is 4.79 Å². The first-order valence-electron chi connectivity index (χ1n) is 10.5. The summed E-state index contributed by atoms with van der Waals surface area (Å²) in [6.45, 7) is 9.82. The Balaban J connectivity index is 2.98. The van der Waals surface area contributed by atoms with Gasteiger partial charge in [0.1, 0.15) is 17.2 Å². The van der Waals surface area contributed by atoms with Gasteiger partial charge in [0.25, 0.3) is 0 Å². The molecule has 0 aliphatic heterocycles. The number of hydrogen-bond donors (Lipinski definition) is 1. The molecule has 1 aromatic carbocycles. The third-order valence-electron chi connectivity index (χ3n) is 3.97. The van der Waals surface area contributed by atoms with Crippen LogP contribution in [0.5, 0.6) is 0 Å². The molecule has 1 aromatic rings. The Hall–Kier alpha value is -2.62. The number of rotatable bonds is 7. The summed E-state index contributed by atoms with van der Waals surface area (Å²) in [5.41, 5.74) is -1.21. The van der Waals surface area contributed by atoms with Crippen LogP contribution in [0.4, 0.5) is 15.3 Å². The van der Waals surface area contributed by atoms with E-state index in [9.17, 15) is 19.2 Å². The fraction of sp³-hybridized carbons (Fsp3) is 0.565. The standard InChI is InChI=1S/C23H33BrN2O7/c1-22(2,3)32-20(29)26(21(30)33-23(4,5)6)17(19(28)31-7)9-8-10-18(27)25-16-13-11-15(24)12-14-16/h11-14,17H,8-10H2,1-7H3,(H,25,27)/t17-/m0/s1. The summed E-state index contributed by atoms with van der Waals surface area (Å²) in [6.07, 6.45) is -1.83. The molecule has 0 unspecified atom stereocenters. The van der Waals surface area contributed by atoms with E-state index >= 15 is 0 Å². The van der Waals surface area contributed by atoms with E-state index in [-0.39, 0.29) is 25.2 Å². The van der Waals surface area contributed by atoms with Crippen LogP contribution in [0.15, 0.2) is 28.7 Å². The maximum atomic E-state index is 12.8. The first kappa shape index (κ1) is 28.4. The molecule has 9 nitrogen and oxygen atoms in total. The molecule has 1 N–H and O–H groups in total. The molecule has 0 saturated heterocycles. The molecule has 0 aliphatic carbocycles. The zero-order chi connectivity index (χ0) is 25.4. The molecule has 1 atom stereocenters. The molecular formula is C23H33BrN2O7. The zero-order valence-electron chi connectivity index (χ0n) is 20.2. The number of halogens is 1. The van der Waals surface area contributed by atoms with Gasteiger partial charge in [-0.15, -0.1) is 0 Å². The van der Waals surface area contributed by atoms with Gasteiger partial charge in [0.2, 0.25) is 5.91 Å². The van der Waals surface area contributed by atoms with Gasteiger partial charge < -0.3 is 19.5 Å². The van der Waals surface area contributed by atoms with Crippen LogP contribution in [0.1, 0.15) is 60.8 Å². The lowest BCUT2D eigenvalue weighted by Crippen LogP contribution is -2.52. The summed E-state index contributed by atoms with van der Waals surface area (Å²) in [5, 5.41) is 2.75. The minimum Gasteiger partial charge on any atom is -0.467 e. The van der Waals surface area contributed by atoms with Crippen LogP contribution >= 0.6 is 15.9 Å². The van der Waals surface area contributed by atoms with Crippen molar-refractivity contribution in [2.24, 2.45) is 0 Å². The van der Waals surface area contributed by atoms with Crippen molar-refractivity contribution in [3.05, 3.63) is 28.7 Å².